The summed E-state index contributed by atoms with van der Waals surface area (Å²) in [6.07, 6.45) is 0. The second-order valence-electron chi connectivity index (χ2n) is 3.79. The summed E-state index contributed by atoms with van der Waals surface area (Å²) in [5.41, 5.74) is 0.00740. The Morgan fingerprint density at radius 2 is 2.14 bits per heavy atom. The molecule has 0 radical (unpaired) electrons. The number of Topliss-reactive ketones (excluding diaryl/α,β-unsaturated/α-hetero) is 1. The predicted molar refractivity (Wildman–Crippen MR) is 85.0 cm³/mol. The minimum absolute atomic E-state index is 0.00620. The normalized spacial score (nSPS) is 10.4. The summed E-state index contributed by atoms with van der Waals surface area (Å²) < 4.78 is 6.31. The van der Waals surface area contributed by atoms with Gasteiger partial charge in [0.15, 0.2) is 6.61 Å². The molecule has 0 aliphatic carbocycles. The number of thiophene rings is 1. The maximum absolute atomic E-state index is 12.0. The quantitative estimate of drug-likeness (QED) is 0.395. The number of nitrogens with zero attached hydrogens (tertiary/aromatic N) is 1. The van der Waals surface area contributed by atoms with Gasteiger partial charge in [0.05, 0.1) is 19.3 Å². The number of halogens is 3. The van der Waals surface area contributed by atoms with Crippen LogP contribution in [0.25, 0.3) is 0 Å². The molecule has 0 aliphatic rings. The molecule has 0 saturated heterocycles. The zero-order valence-electron chi connectivity index (χ0n) is 10.1. The molecule has 110 valence electrons. The Kier molecular flexibility index (Phi) is 5.21. The van der Waals surface area contributed by atoms with E-state index in [1.165, 1.54) is 18.2 Å². The third kappa shape index (κ3) is 3.74. The number of hydrogen-bond donors (Lipinski definition) is 0. The van der Waals surface area contributed by atoms with E-state index in [1.54, 1.807) is 6.07 Å². The minimum atomic E-state index is -0.584. The number of para-hydroxylation sites is 1. The smallest absolute Gasteiger partial charge is 0.312 e. The van der Waals surface area contributed by atoms with Crippen molar-refractivity contribution in [3.8, 4) is 5.75 Å². The zero-order valence-corrected chi connectivity index (χ0v) is 14.1. The van der Waals surface area contributed by atoms with E-state index in [-0.39, 0.29) is 27.9 Å². The van der Waals surface area contributed by atoms with Gasteiger partial charge in [-0.2, -0.15) is 0 Å². The number of benzene rings is 1. The summed E-state index contributed by atoms with van der Waals surface area (Å²) in [6.45, 7) is -0.379. The Balaban J connectivity index is 2.19. The van der Waals surface area contributed by atoms with Gasteiger partial charge in [-0.3, -0.25) is 14.9 Å². The monoisotopic (exact) mass is 409 g/mol. The van der Waals surface area contributed by atoms with Gasteiger partial charge < -0.3 is 4.74 Å². The molecule has 0 N–H and O–H groups in total. The van der Waals surface area contributed by atoms with Crippen molar-refractivity contribution >= 4 is 61.9 Å². The molecule has 2 aromatic rings. The minimum Gasteiger partial charge on any atom is -0.478 e. The van der Waals surface area contributed by atoms with Gasteiger partial charge in [-0.1, -0.05) is 29.3 Å². The third-order valence-electron chi connectivity index (χ3n) is 2.45. The average molecular weight is 411 g/mol. The summed E-state index contributed by atoms with van der Waals surface area (Å²) in [7, 11) is 0. The summed E-state index contributed by atoms with van der Waals surface area (Å²) >= 11 is 15.9. The lowest BCUT2D eigenvalue weighted by molar-refractivity contribution is -0.385. The fourth-order valence-electron chi connectivity index (χ4n) is 1.53. The van der Waals surface area contributed by atoms with Crippen molar-refractivity contribution < 1.29 is 14.5 Å². The summed E-state index contributed by atoms with van der Waals surface area (Å²) in [5.74, 6) is -0.415. The number of ether oxygens (including phenoxy) is 1. The fraction of sp³-hybridized carbons (Fsp3) is 0.0833. The van der Waals surface area contributed by atoms with Gasteiger partial charge >= 0.3 is 5.69 Å². The lowest BCUT2D eigenvalue weighted by Gasteiger charge is -2.07. The van der Waals surface area contributed by atoms with Crippen LogP contribution in [0.1, 0.15) is 10.4 Å². The first-order valence-electron chi connectivity index (χ1n) is 5.44. The van der Waals surface area contributed by atoms with Crippen LogP contribution < -0.4 is 4.74 Å². The number of hydrogen-bond acceptors (Lipinski definition) is 5. The second kappa shape index (κ2) is 6.74. The van der Waals surface area contributed by atoms with Gasteiger partial charge in [0.25, 0.3) is 0 Å². The molecule has 1 heterocycles. The van der Waals surface area contributed by atoms with E-state index in [4.69, 9.17) is 27.9 Å². The molecule has 0 atom stereocenters. The van der Waals surface area contributed by atoms with E-state index >= 15 is 0 Å². The van der Waals surface area contributed by atoms with Crippen LogP contribution in [0.15, 0.2) is 28.7 Å². The number of nitro benzene ring substituents is 1. The van der Waals surface area contributed by atoms with E-state index in [1.807, 2.05) is 0 Å². The van der Waals surface area contributed by atoms with Gasteiger partial charge in [-0.05, 0) is 28.1 Å². The average Bonchev–Trinajstić information content (AvgIpc) is 2.75. The van der Waals surface area contributed by atoms with E-state index in [0.717, 1.165) is 11.3 Å². The molecule has 0 saturated carbocycles. The molecule has 0 spiro atoms. The highest BCUT2D eigenvalue weighted by Crippen LogP contribution is 2.35. The van der Waals surface area contributed by atoms with Crippen molar-refractivity contribution in [3.63, 3.8) is 0 Å². The predicted octanol–water partition coefficient (Wildman–Crippen LogP) is 4.99. The largest absolute Gasteiger partial charge is 0.478 e. The van der Waals surface area contributed by atoms with E-state index in [0.29, 0.717) is 8.81 Å². The number of rotatable bonds is 5. The molecule has 0 aliphatic heterocycles. The Bertz CT molecular complexity index is 719. The fourth-order valence-corrected chi connectivity index (χ4v) is 3.50. The van der Waals surface area contributed by atoms with Crippen LogP contribution in [0.5, 0.6) is 5.75 Å². The van der Waals surface area contributed by atoms with Crippen molar-refractivity contribution in [3.05, 3.63) is 53.1 Å². The molecule has 5 nitrogen and oxygen atoms in total. The van der Waals surface area contributed by atoms with Crippen molar-refractivity contribution in [2.75, 3.05) is 6.61 Å². The van der Waals surface area contributed by atoms with Crippen LogP contribution in [-0.2, 0) is 0 Å². The molecule has 21 heavy (non-hydrogen) atoms. The van der Waals surface area contributed by atoms with Crippen LogP contribution in [0.4, 0.5) is 5.69 Å². The Morgan fingerprint density at radius 3 is 2.71 bits per heavy atom. The Labute approximate surface area is 141 Å². The summed E-state index contributed by atoms with van der Waals surface area (Å²) in [6, 6.07) is 5.82. The van der Waals surface area contributed by atoms with Crippen LogP contribution in [0, 0.1) is 10.1 Å². The zero-order chi connectivity index (χ0) is 15.6. The van der Waals surface area contributed by atoms with Crippen LogP contribution in [0.2, 0.25) is 8.67 Å². The van der Waals surface area contributed by atoms with Crippen molar-refractivity contribution in [2.24, 2.45) is 0 Å². The van der Waals surface area contributed by atoms with Crippen LogP contribution in [-0.4, -0.2) is 17.3 Å². The highest BCUT2D eigenvalue weighted by molar-refractivity contribution is 9.10. The molecule has 9 heteroatoms. The number of carbonyl (C=O) groups excluding carboxylic acids is 1. The topological polar surface area (TPSA) is 69.4 Å². The number of nitro groups is 1. The lowest BCUT2D eigenvalue weighted by atomic mass is 10.2. The van der Waals surface area contributed by atoms with Gasteiger partial charge in [0.1, 0.15) is 4.34 Å². The SMILES string of the molecule is O=C(COc1c(Br)cccc1[N+](=O)[O-])c1cc(Cl)sc1Cl. The molecule has 2 rings (SSSR count). The van der Waals surface area contributed by atoms with Crippen LogP contribution >= 0.6 is 50.5 Å². The van der Waals surface area contributed by atoms with Crippen molar-refractivity contribution in [2.45, 2.75) is 0 Å². The van der Waals surface area contributed by atoms with E-state index in [9.17, 15) is 14.9 Å². The molecule has 0 unspecified atom stereocenters. The van der Waals surface area contributed by atoms with Crippen molar-refractivity contribution in [1.29, 1.82) is 0 Å². The van der Waals surface area contributed by atoms with E-state index in [2.05, 4.69) is 15.9 Å². The second-order valence-corrected chi connectivity index (χ2v) is 6.93. The molecule has 0 amide bonds. The maximum atomic E-state index is 12.0. The molecular weight excluding hydrogens is 405 g/mol. The number of ketones is 1. The van der Waals surface area contributed by atoms with E-state index < -0.39 is 10.7 Å². The van der Waals surface area contributed by atoms with Gasteiger partial charge in [-0.15, -0.1) is 11.3 Å². The van der Waals surface area contributed by atoms with Crippen LogP contribution in [0.3, 0.4) is 0 Å². The Hall–Kier alpha value is -1.15. The summed E-state index contributed by atoms with van der Waals surface area (Å²) in [5, 5.41) is 10.9. The first kappa shape index (κ1) is 16.2. The molecule has 0 fully saturated rings. The Morgan fingerprint density at radius 1 is 1.43 bits per heavy atom. The molecule has 0 bridgehead atoms. The third-order valence-corrected chi connectivity index (χ3v) is 4.56. The molecular formula is C12H6BrCl2NO4S. The highest BCUT2D eigenvalue weighted by atomic mass is 79.9. The van der Waals surface area contributed by atoms with Gasteiger partial charge in [0, 0.05) is 6.07 Å². The standard InChI is InChI=1S/C12H6BrCl2NO4S/c13-7-2-1-3-8(16(18)19)11(7)20-5-9(17)6-4-10(14)21-12(6)15/h1-4H,5H2. The highest BCUT2D eigenvalue weighted by Gasteiger charge is 2.21. The van der Waals surface area contributed by atoms with Gasteiger partial charge in [0.2, 0.25) is 11.5 Å². The first-order chi connectivity index (χ1) is 9.90. The molecule has 1 aromatic heterocycles. The first-order valence-corrected chi connectivity index (χ1v) is 7.80. The molecule has 1 aromatic carbocycles. The maximum Gasteiger partial charge on any atom is 0.312 e. The summed E-state index contributed by atoms with van der Waals surface area (Å²) in [4.78, 5) is 22.3. The number of carbonyl (C=O) groups is 1. The van der Waals surface area contributed by atoms with Gasteiger partial charge in [-0.25, -0.2) is 0 Å². The van der Waals surface area contributed by atoms with Crippen molar-refractivity contribution in [1.82, 2.24) is 0 Å². The lowest BCUT2D eigenvalue weighted by Crippen LogP contribution is -2.12.